The number of nitrogens with one attached hydrogen (secondary N) is 1. The number of aromatic nitrogens is 2. The molecule has 1 saturated heterocycles. The monoisotopic (exact) mass is 517 g/mol. The van der Waals surface area contributed by atoms with Crippen LogP contribution in [-0.2, 0) is 6.54 Å². The van der Waals surface area contributed by atoms with Gasteiger partial charge in [0.25, 0.3) is 0 Å². The first-order valence-corrected chi connectivity index (χ1v) is 12.8. The van der Waals surface area contributed by atoms with Gasteiger partial charge in [0.1, 0.15) is 17.3 Å². The minimum Gasteiger partial charge on any atom is -0.496 e. The number of benzene rings is 2. The Morgan fingerprint density at radius 3 is 2.38 bits per heavy atom. The Morgan fingerprint density at radius 2 is 1.68 bits per heavy atom. The lowest BCUT2D eigenvalue weighted by atomic mass is 9.97. The van der Waals surface area contributed by atoms with E-state index < -0.39 is 0 Å². The van der Waals surface area contributed by atoms with Gasteiger partial charge in [0.05, 0.1) is 36.8 Å². The number of rotatable bonds is 7. The number of likely N-dealkylation sites (N-methyl/N-ethyl adjacent to an activating group) is 1. The Hall–Kier alpha value is -3.39. The lowest BCUT2D eigenvalue weighted by Crippen LogP contribution is -2.43. The summed E-state index contributed by atoms with van der Waals surface area (Å²) < 4.78 is 11.0. The van der Waals surface area contributed by atoms with E-state index >= 15 is 0 Å². The van der Waals surface area contributed by atoms with Crippen molar-refractivity contribution in [1.82, 2.24) is 19.8 Å². The van der Waals surface area contributed by atoms with E-state index in [1.54, 1.807) is 14.2 Å². The van der Waals surface area contributed by atoms with E-state index in [4.69, 9.17) is 21.1 Å². The molecule has 0 unspecified atom stereocenters. The molecule has 5 rings (SSSR count). The maximum atomic E-state index is 6.70. The zero-order valence-corrected chi connectivity index (χ0v) is 22.5. The number of piperazine rings is 1. The molecule has 4 aromatic rings. The van der Waals surface area contributed by atoms with Crippen LogP contribution in [0.2, 0.25) is 5.02 Å². The third-order valence-corrected chi connectivity index (χ3v) is 7.35. The normalized spacial score (nSPS) is 14.6. The van der Waals surface area contributed by atoms with Gasteiger partial charge < -0.3 is 19.7 Å². The van der Waals surface area contributed by atoms with Gasteiger partial charge in [-0.25, -0.2) is 4.98 Å². The van der Waals surface area contributed by atoms with Crippen LogP contribution in [0.15, 0.2) is 54.9 Å². The number of methoxy groups -OCH3 is 2. The standard InChI is InChI=1S/C29H32ClN5O2/c1-19-25(36-3)15-26(37-4)29(30)28(19)21-6-5-20-14-27(32-16-22(20)13-21)33-23-7-8-24(31-17-23)18-35-11-9-34(2)10-12-35/h5-8,13-17H,9-12,18H2,1-4H3,(H,32,33). The van der Waals surface area contributed by atoms with Crippen molar-refractivity contribution in [2.75, 3.05) is 52.8 Å². The minimum atomic E-state index is 0.565. The summed E-state index contributed by atoms with van der Waals surface area (Å²) in [4.78, 5) is 14.1. The Kier molecular flexibility index (Phi) is 7.46. The highest BCUT2D eigenvalue weighted by molar-refractivity contribution is 6.35. The van der Waals surface area contributed by atoms with Crippen LogP contribution in [0.1, 0.15) is 11.3 Å². The molecule has 1 aliphatic rings. The van der Waals surface area contributed by atoms with Gasteiger partial charge in [0.15, 0.2) is 0 Å². The SMILES string of the molecule is COc1cc(OC)c(Cl)c(-c2ccc3cc(Nc4ccc(CN5CCN(C)CC5)nc4)ncc3c2)c1C. The summed E-state index contributed by atoms with van der Waals surface area (Å²) in [6, 6.07) is 14.2. The number of pyridine rings is 2. The highest BCUT2D eigenvalue weighted by Gasteiger charge is 2.18. The van der Waals surface area contributed by atoms with Gasteiger partial charge in [0.2, 0.25) is 0 Å². The summed E-state index contributed by atoms with van der Waals surface area (Å²) in [5.41, 5.74) is 4.83. The van der Waals surface area contributed by atoms with Crippen LogP contribution in [-0.4, -0.2) is 67.2 Å². The van der Waals surface area contributed by atoms with Crippen molar-refractivity contribution in [2.45, 2.75) is 13.5 Å². The maximum Gasteiger partial charge on any atom is 0.141 e. The molecule has 8 heteroatoms. The van der Waals surface area contributed by atoms with E-state index in [9.17, 15) is 0 Å². The fraction of sp³-hybridized carbons (Fsp3) is 0.310. The molecular weight excluding hydrogens is 486 g/mol. The van der Waals surface area contributed by atoms with Crippen LogP contribution in [0.3, 0.4) is 0 Å². The summed E-state index contributed by atoms with van der Waals surface area (Å²) in [6.07, 6.45) is 3.75. The number of halogens is 1. The quantitative estimate of drug-likeness (QED) is 0.334. The Morgan fingerprint density at radius 1 is 0.892 bits per heavy atom. The van der Waals surface area contributed by atoms with E-state index in [0.717, 1.165) is 83.1 Å². The second-order valence-corrected chi connectivity index (χ2v) is 9.85. The molecule has 2 aromatic heterocycles. The molecule has 0 atom stereocenters. The number of anilines is 2. The minimum absolute atomic E-state index is 0.565. The number of fused-ring (bicyclic) bond motifs is 1. The predicted molar refractivity (Wildman–Crippen MR) is 150 cm³/mol. The third-order valence-electron chi connectivity index (χ3n) is 6.97. The van der Waals surface area contributed by atoms with Crippen molar-refractivity contribution >= 4 is 33.9 Å². The van der Waals surface area contributed by atoms with Gasteiger partial charge in [-0.3, -0.25) is 9.88 Å². The van der Waals surface area contributed by atoms with Gasteiger partial charge in [-0.2, -0.15) is 0 Å². The average molecular weight is 518 g/mol. The maximum absolute atomic E-state index is 6.70. The van der Waals surface area contributed by atoms with Crippen LogP contribution >= 0.6 is 11.6 Å². The molecule has 7 nitrogen and oxygen atoms in total. The fourth-order valence-electron chi connectivity index (χ4n) is 4.75. The molecule has 0 aliphatic carbocycles. The van der Waals surface area contributed by atoms with Crippen molar-refractivity contribution < 1.29 is 9.47 Å². The van der Waals surface area contributed by atoms with E-state index in [2.05, 4.69) is 62.5 Å². The zero-order valence-electron chi connectivity index (χ0n) is 21.7. The van der Waals surface area contributed by atoms with E-state index in [1.165, 1.54) is 0 Å². The molecule has 1 aliphatic heterocycles. The predicted octanol–water partition coefficient (Wildman–Crippen LogP) is 5.77. The molecule has 2 aromatic carbocycles. The zero-order chi connectivity index (χ0) is 25.9. The van der Waals surface area contributed by atoms with Gasteiger partial charge in [-0.05, 0) is 49.2 Å². The van der Waals surface area contributed by atoms with Crippen molar-refractivity contribution in [2.24, 2.45) is 0 Å². The molecular formula is C29H32ClN5O2. The summed E-state index contributed by atoms with van der Waals surface area (Å²) in [7, 11) is 5.43. The lowest BCUT2D eigenvalue weighted by Gasteiger charge is -2.32. The largest absolute Gasteiger partial charge is 0.496 e. The second-order valence-electron chi connectivity index (χ2n) is 9.47. The van der Waals surface area contributed by atoms with Gasteiger partial charge >= 0.3 is 0 Å². The lowest BCUT2D eigenvalue weighted by molar-refractivity contribution is 0.147. The van der Waals surface area contributed by atoms with Crippen LogP contribution in [0, 0.1) is 6.92 Å². The first kappa shape index (κ1) is 25.3. The van der Waals surface area contributed by atoms with Gasteiger partial charge in [0, 0.05) is 61.5 Å². The number of hydrogen-bond donors (Lipinski definition) is 1. The van der Waals surface area contributed by atoms with E-state index in [0.29, 0.717) is 10.8 Å². The Bertz CT molecular complexity index is 1370. The summed E-state index contributed by atoms with van der Waals surface area (Å²) in [5.74, 6) is 2.09. The average Bonchev–Trinajstić information content (AvgIpc) is 2.91. The van der Waals surface area contributed by atoms with E-state index in [-0.39, 0.29) is 0 Å². The first-order valence-electron chi connectivity index (χ1n) is 12.4. The molecule has 37 heavy (non-hydrogen) atoms. The third kappa shape index (κ3) is 5.49. The molecule has 0 spiro atoms. The molecule has 1 N–H and O–H groups in total. The molecule has 1 fully saturated rings. The van der Waals surface area contributed by atoms with Crippen LogP contribution in [0.4, 0.5) is 11.5 Å². The molecule has 0 radical (unpaired) electrons. The van der Waals surface area contributed by atoms with E-state index in [1.807, 2.05) is 31.5 Å². The highest BCUT2D eigenvalue weighted by Crippen LogP contribution is 2.43. The fourth-order valence-corrected chi connectivity index (χ4v) is 5.13. The number of nitrogens with zero attached hydrogens (tertiary/aromatic N) is 4. The van der Waals surface area contributed by atoms with Crippen molar-refractivity contribution in [1.29, 1.82) is 0 Å². The number of hydrogen-bond acceptors (Lipinski definition) is 7. The Balaban J connectivity index is 1.33. The van der Waals surface area contributed by atoms with Crippen molar-refractivity contribution in [3.8, 4) is 22.6 Å². The summed E-state index contributed by atoms with van der Waals surface area (Å²) in [6.45, 7) is 7.26. The van der Waals surface area contributed by atoms with Crippen LogP contribution in [0.25, 0.3) is 21.9 Å². The van der Waals surface area contributed by atoms with Crippen molar-refractivity contribution in [3.05, 3.63) is 71.1 Å². The molecule has 0 amide bonds. The van der Waals surface area contributed by atoms with Crippen LogP contribution < -0.4 is 14.8 Å². The summed E-state index contributed by atoms with van der Waals surface area (Å²) >= 11 is 6.70. The molecule has 0 bridgehead atoms. The number of ether oxygens (including phenoxy) is 2. The summed E-state index contributed by atoms with van der Waals surface area (Å²) in [5, 5.41) is 6.03. The second kappa shape index (κ2) is 10.9. The molecule has 0 saturated carbocycles. The van der Waals surface area contributed by atoms with Crippen molar-refractivity contribution in [3.63, 3.8) is 0 Å². The first-order chi connectivity index (χ1) is 17.9. The molecule has 192 valence electrons. The van der Waals surface area contributed by atoms with Gasteiger partial charge in [-0.15, -0.1) is 0 Å². The van der Waals surface area contributed by atoms with Crippen LogP contribution in [0.5, 0.6) is 11.5 Å². The Labute approximate surface area is 223 Å². The van der Waals surface area contributed by atoms with Gasteiger partial charge in [-0.1, -0.05) is 23.7 Å². The smallest absolute Gasteiger partial charge is 0.141 e. The topological polar surface area (TPSA) is 62.8 Å². The molecule has 3 heterocycles. The highest BCUT2D eigenvalue weighted by atomic mass is 35.5.